The van der Waals surface area contributed by atoms with Gasteiger partial charge in [-0.2, -0.15) is 0 Å². The Bertz CT molecular complexity index is 1150. The number of allylic oxidation sites excluding steroid dienone is 2. The highest BCUT2D eigenvalue weighted by Gasteiger charge is 2.88. The Morgan fingerprint density at radius 2 is 1.83 bits per heavy atom. The van der Waals surface area contributed by atoms with Crippen molar-refractivity contribution in [1.29, 1.82) is 0 Å². The Kier molecular flexibility index (Phi) is 4.38. The quantitative estimate of drug-likeness (QED) is 0.450. The highest BCUT2D eigenvalue weighted by atomic mass is 16.7. The van der Waals surface area contributed by atoms with E-state index in [0.717, 1.165) is 18.4 Å². The lowest BCUT2D eigenvalue weighted by atomic mass is 9.35. The van der Waals surface area contributed by atoms with E-state index in [2.05, 4.69) is 26.8 Å². The van der Waals surface area contributed by atoms with Crippen molar-refractivity contribution in [3.05, 3.63) is 36.3 Å². The second-order valence-corrected chi connectivity index (χ2v) is 12.6. The van der Waals surface area contributed by atoms with Gasteiger partial charge in [0.2, 0.25) is 0 Å². The lowest BCUT2D eigenvalue weighted by Crippen LogP contribution is -2.72. The Labute approximate surface area is 205 Å². The zero-order valence-corrected chi connectivity index (χ0v) is 21.3. The summed E-state index contributed by atoms with van der Waals surface area (Å²) in [5, 5.41) is 0. The average Bonchev–Trinajstić information content (AvgIpc) is 3.35. The number of carbonyl (C=O) groups excluding carboxylic acids is 3. The van der Waals surface area contributed by atoms with Crippen molar-refractivity contribution in [3.8, 4) is 0 Å². The van der Waals surface area contributed by atoms with Gasteiger partial charge in [0, 0.05) is 28.7 Å². The van der Waals surface area contributed by atoms with E-state index in [9.17, 15) is 14.4 Å². The molecule has 7 nitrogen and oxygen atoms in total. The first-order valence-corrected chi connectivity index (χ1v) is 12.7. The van der Waals surface area contributed by atoms with Crippen LogP contribution >= 0.6 is 0 Å². The Morgan fingerprint density at radius 3 is 2.49 bits per heavy atom. The summed E-state index contributed by atoms with van der Waals surface area (Å²) >= 11 is 0. The van der Waals surface area contributed by atoms with Crippen molar-refractivity contribution >= 4 is 17.7 Å². The van der Waals surface area contributed by atoms with Crippen molar-refractivity contribution < 1.29 is 33.0 Å². The molecule has 1 aromatic rings. The summed E-state index contributed by atoms with van der Waals surface area (Å²) in [5.41, 5.74) is -2.15. The fourth-order valence-corrected chi connectivity index (χ4v) is 9.20. The van der Waals surface area contributed by atoms with Gasteiger partial charge >= 0.3 is 11.9 Å². The lowest BCUT2D eigenvalue weighted by Gasteiger charge is -2.68. The number of cyclic esters (lactones) is 1. The third-order valence-electron chi connectivity index (χ3n) is 10.8. The molecule has 0 bridgehead atoms. The minimum absolute atomic E-state index is 0.00639. The normalized spacial score (nSPS) is 49.1. The van der Waals surface area contributed by atoms with Crippen LogP contribution in [0.2, 0.25) is 0 Å². The zero-order valence-electron chi connectivity index (χ0n) is 21.3. The highest BCUT2D eigenvalue weighted by Crippen LogP contribution is 2.79. The number of esters is 2. The highest BCUT2D eigenvalue weighted by molar-refractivity contribution is 5.95. The number of epoxide rings is 1. The molecule has 3 aliphatic carbocycles. The lowest BCUT2D eigenvalue weighted by molar-refractivity contribution is -0.251. The number of ketones is 1. The summed E-state index contributed by atoms with van der Waals surface area (Å²) in [7, 11) is 0. The molecular weight excluding hydrogens is 448 g/mol. The van der Waals surface area contributed by atoms with Crippen LogP contribution in [0, 0.1) is 33.5 Å². The fourth-order valence-electron chi connectivity index (χ4n) is 9.20. The van der Waals surface area contributed by atoms with Crippen LogP contribution in [0.15, 0.2) is 35.2 Å². The zero-order chi connectivity index (χ0) is 25.2. The molecule has 0 amide bonds. The molecule has 35 heavy (non-hydrogen) atoms. The van der Waals surface area contributed by atoms with Gasteiger partial charge in [0.1, 0.15) is 17.8 Å². The van der Waals surface area contributed by atoms with E-state index in [-0.39, 0.29) is 35.0 Å². The predicted molar refractivity (Wildman–Crippen MR) is 124 cm³/mol. The number of hydrogen-bond acceptors (Lipinski definition) is 7. The molecule has 1 aromatic heterocycles. The van der Waals surface area contributed by atoms with Crippen molar-refractivity contribution in [2.75, 3.05) is 0 Å². The maximum atomic E-state index is 13.2. The molecule has 5 unspecified atom stereocenters. The number of carbonyl (C=O) groups is 3. The predicted octanol–water partition coefficient (Wildman–Crippen LogP) is 4.56. The van der Waals surface area contributed by atoms with Crippen LogP contribution in [0.25, 0.3) is 0 Å². The minimum Gasteiger partial charge on any atom is -0.472 e. The Morgan fingerprint density at radius 1 is 1.09 bits per heavy atom. The van der Waals surface area contributed by atoms with Crippen molar-refractivity contribution in [2.24, 2.45) is 33.5 Å². The SMILES string of the molecule is CC(=O)OC1CC2C(C)(C)C(=O)C=C[C@]2(C)C2CCC3(C)C(c4ccoc4)OC(=O)[C@@H]4O[C@]43[C@]12C. The summed E-state index contributed by atoms with van der Waals surface area (Å²) < 4.78 is 24.0. The largest absolute Gasteiger partial charge is 0.472 e. The third-order valence-corrected chi connectivity index (χ3v) is 10.8. The number of ether oxygens (including phenoxy) is 3. The molecule has 2 saturated heterocycles. The first-order chi connectivity index (χ1) is 16.3. The molecule has 2 aliphatic heterocycles. The van der Waals surface area contributed by atoms with Gasteiger partial charge in [0.25, 0.3) is 0 Å². The summed E-state index contributed by atoms with van der Waals surface area (Å²) in [6.45, 7) is 12.0. The number of fused-ring (bicyclic) bond motifs is 3. The molecule has 6 rings (SSSR count). The number of rotatable bonds is 2. The Hall–Kier alpha value is -2.41. The summed E-state index contributed by atoms with van der Waals surface area (Å²) in [5.74, 6) is -0.603. The van der Waals surface area contributed by atoms with E-state index in [1.807, 2.05) is 19.9 Å². The monoisotopic (exact) mass is 482 g/mol. The molecule has 188 valence electrons. The molecule has 0 radical (unpaired) electrons. The molecule has 9 atom stereocenters. The Balaban J connectivity index is 1.55. The van der Waals surface area contributed by atoms with Crippen LogP contribution in [-0.4, -0.2) is 35.5 Å². The van der Waals surface area contributed by atoms with Crippen molar-refractivity contribution in [3.63, 3.8) is 0 Å². The maximum Gasteiger partial charge on any atom is 0.339 e. The van der Waals surface area contributed by atoms with Crippen molar-refractivity contribution in [2.45, 2.75) is 84.7 Å². The van der Waals surface area contributed by atoms with Gasteiger partial charge in [-0.3, -0.25) is 9.59 Å². The van der Waals surface area contributed by atoms with Gasteiger partial charge in [-0.25, -0.2) is 4.79 Å². The molecule has 2 saturated carbocycles. The van der Waals surface area contributed by atoms with Crippen LogP contribution in [0.1, 0.15) is 72.5 Å². The van der Waals surface area contributed by atoms with Gasteiger partial charge in [0.05, 0.1) is 12.5 Å². The average molecular weight is 483 g/mol. The van der Waals surface area contributed by atoms with E-state index in [0.29, 0.717) is 6.42 Å². The molecule has 4 fully saturated rings. The topological polar surface area (TPSA) is 95.3 Å². The molecule has 0 aromatic carbocycles. The van der Waals surface area contributed by atoms with Crippen molar-refractivity contribution in [1.82, 2.24) is 0 Å². The second-order valence-electron chi connectivity index (χ2n) is 12.6. The van der Waals surface area contributed by atoms with Crippen LogP contribution in [0.3, 0.4) is 0 Å². The molecule has 7 heteroatoms. The minimum atomic E-state index is -0.853. The summed E-state index contributed by atoms with van der Waals surface area (Å²) in [4.78, 5) is 38.6. The van der Waals surface area contributed by atoms with E-state index in [4.69, 9.17) is 18.6 Å². The van der Waals surface area contributed by atoms with E-state index in [1.165, 1.54) is 6.92 Å². The molecule has 3 heterocycles. The van der Waals surface area contributed by atoms with E-state index in [1.54, 1.807) is 18.6 Å². The number of hydrogen-bond donors (Lipinski definition) is 0. The fraction of sp³-hybridized carbons (Fsp3) is 0.679. The first-order valence-electron chi connectivity index (χ1n) is 12.7. The second kappa shape index (κ2) is 6.67. The maximum absolute atomic E-state index is 13.2. The van der Waals surface area contributed by atoms with E-state index < -0.39 is 40.2 Å². The third kappa shape index (κ3) is 2.48. The first kappa shape index (κ1) is 23.0. The molecule has 0 N–H and O–H groups in total. The van der Waals surface area contributed by atoms with Gasteiger partial charge in [-0.15, -0.1) is 0 Å². The van der Waals surface area contributed by atoms with Crippen LogP contribution in [-0.2, 0) is 28.6 Å². The van der Waals surface area contributed by atoms with Gasteiger partial charge in [-0.1, -0.05) is 40.7 Å². The summed E-state index contributed by atoms with van der Waals surface area (Å²) in [6.07, 6.45) is 7.46. The molecular formula is C28H34O7. The van der Waals surface area contributed by atoms with Crippen LogP contribution in [0.5, 0.6) is 0 Å². The van der Waals surface area contributed by atoms with E-state index >= 15 is 0 Å². The van der Waals surface area contributed by atoms with Crippen LogP contribution < -0.4 is 0 Å². The molecule has 5 aliphatic rings. The van der Waals surface area contributed by atoms with Crippen LogP contribution in [0.4, 0.5) is 0 Å². The number of furan rings is 1. The standard InChI is InChI=1S/C28H34O7/c1-15(29)33-20-13-18-24(2,3)19(30)8-10-25(18,4)17-7-11-26(5)21(16-9-12-32-14-16)34-23(31)22-28(26,35-22)27(17,20)6/h8-10,12,14,17-18,20-22H,7,11,13H2,1-6H3/t17?,18?,20?,21?,22-,25+,26?,27-,28+/m0/s1. The van der Waals surface area contributed by atoms with Gasteiger partial charge in [-0.05, 0) is 48.7 Å². The summed E-state index contributed by atoms with van der Waals surface area (Å²) in [6, 6.07) is 1.84. The smallest absolute Gasteiger partial charge is 0.339 e. The van der Waals surface area contributed by atoms with Gasteiger partial charge < -0.3 is 18.6 Å². The van der Waals surface area contributed by atoms with Gasteiger partial charge in [0.15, 0.2) is 11.9 Å². The molecule has 1 spiro atoms.